The van der Waals surface area contributed by atoms with E-state index in [-0.39, 0.29) is 12.5 Å². The molecule has 1 heterocycles. The van der Waals surface area contributed by atoms with Gasteiger partial charge in [0, 0.05) is 21.5 Å². The minimum Gasteiger partial charge on any atom is -0.451 e. The maximum Gasteiger partial charge on any atom is 0.348 e. The SMILES string of the molecule is Cc1ccc(C(=O)OCC(=O)NCCc2ccc(Cl)cc2Cl)s1. The first kappa shape index (κ1) is 17.8. The van der Waals surface area contributed by atoms with Crippen LogP contribution in [0, 0.1) is 6.92 Å². The molecule has 0 saturated carbocycles. The first-order valence-corrected chi connectivity index (χ1v) is 8.47. The number of ether oxygens (including phenoxy) is 1. The molecule has 0 aliphatic heterocycles. The summed E-state index contributed by atoms with van der Waals surface area (Å²) >= 11 is 13.2. The first-order chi connectivity index (χ1) is 11.0. The molecule has 1 N–H and O–H groups in total. The van der Waals surface area contributed by atoms with Gasteiger partial charge in [0.15, 0.2) is 6.61 Å². The molecule has 2 rings (SSSR count). The second-order valence-electron chi connectivity index (χ2n) is 4.82. The Balaban J connectivity index is 1.72. The van der Waals surface area contributed by atoms with Crippen molar-refractivity contribution in [1.29, 1.82) is 0 Å². The number of carbonyl (C=O) groups excluding carboxylic acids is 2. The van der Waals surface area contributed by atoms with Crippen LogP contribution in [0.4, 0.5) is 0 Å². The molecule has 0 bridgehead atoms. The van der Waals surface area contributed by atoms with Crippen LogP contribution in [0.25, 0.3) is 0 Å². The van der Waals surface area contributed by atoms with Crippen LogP contribution >= 0.6 is 34.5 Å². The summed E-state index contributed by atoms with van der Waals surface area (Å²) in [6.07, 6.45) is 0.569. The molecule has 2 aromatic rings. The zero-order chi connectivity index (χ0) is 16.8. The summed E-state index contributed by atoms with van der Waals surface area (Å²) in [6.45, 7) is 2.00. The molecule has 122 valence electrons. The van der Waals surface area contributed by atoms with Crippen molar-refractivity contribution in [2.75, 3.05) is 13.2 Å². The number of hydrogen-bond donors (Lipinski definition) is 1. The van der Waals surface area contributed by atoms with Gasteiger partial charge < -0.3 is 10.1 Å². The summed E-state index contributed by atoms with van der Waals surface area (Å²) < 4.78 is 4.96. The van der Waals surface area contributed by atoms with Gasteiger partial charge >= 0.3 is 5.97 Å². The number of halogens is 2. The third-order valence-corrected chi connectivity index (χ3v) is 4.58. The highest BCUT2D eigenvalue weighted by atomic mass is 35.5. The molecule has 0 radical (unpaired) electrons. The number of esters is 1. The Hall–Kier alpha value is -1.56. The Morgan fingerprint density at radius 3 is 2.65 bits per heavy atom. The Morgan fingerprint density at radius 2 is 2.00 bits per heavy atom. The van der Waals surface area contributed by atoms with Crippen LogP contribution in [0.2, 0.25) is 10.0 Å². The molecular weight excluding hydrogens is 357 g/mol. The van der Waals surface area contributed by atoms with Gasteiger partial charge in [-0.05, 0) is 43.2 Å². The zero-order valence-electron chi connectivity index (χ0n) is 12.4. The van der Waals surface area contributed by atoms with Gasteiger partial charge in [0.2, 0.25) is 0 Å². The molecule has 0 atom stereocenters. The minimum absolute atomic E-state index is 0.301. The van der Waals surface area contributed by atoms with Gasteiger partial charge in [-0.25, -0.2) is 4.79 Å². The normalized spacial score (nSPS) is 10.4. The van der Waals surface area contributed by atoms with Crippen molar-refractivity contribution in [3.05, 3.63) is 55.7 Å². The molecule has 1 aromatic heterocycles. The number of carbonyl (C=O) groups is 2. The number of thiophene rings is 1. The van der Waals surface area contributed by atoms with E-state index in [2.05, 4.69) is 5.32 Å². The third kappa shape index (κ3) is 5.53. The topological polar surface area (TPSA) is 55.4 Å². The van der Waals surface area contributed by atoms with Crippen molar-refractivity contribution in [2.24, 2.45) is 0 Å². The van der Waals surface area contributed by atoms with Gasteiger partial charge in [0.05, 0.1) is 0 Å². The van der Waals surface area contributed by atoms with E-state index in [1.54, 1.807) is 18.2 Å². The Morgan fingerprint density at radius 1 is 1.22 bits per heavy atom. The lowest BCUT2D eigenvalue weighted by Crippen LogP contribution is -2.30. The number of benzene rings is 1. The summed E-state index contributed by atoms with van der Waals surface area (Å²) in [5.74, 6) is -0.837. The van der Waals surface area contributed by atoms with Crippen molar-refractivity contribution < 1.29 is 14.3 Å². The van der Waals surface area contributed by atoms with Gasteiger partial charge in [-0.2, -0.15) is 0 Å². The summed E-state index contributed by atoms with van der Waals surface area (Å²) in [6, 6.07) is 8.73. The van der Waals surface area contributed by atoms with Crippen molar-refractivity contribution in [1.82, 2.24) is 5.32 Å². The summed E-state index contributed by atoms with van der Waals surface area (Å²) in [5.41, 5.74) is 0.891. The fourth-order valence-electron chi connectivity index (χ4n) is 1.86. The molecular formula is C16H15Cl2NO3S. The van der Waals surface area contributed by atoms with Gasteiger partial charge in [0.25, 0.3) is 5.91 Å². The van der Waals surface area contributed by atoms with Gasteiger partial charge in [-0.3, -0.25) is 4.79 Å². The summed E-state index contributed by atoms with van der Waals surface area (Å²) in [5, 5.41) is 3.81. The quantitative estimate of drug-likeness (QED) is 0.783. The van der Waals surface area contributed by atoms with E-state index in [0.29, 0.717) is 27.9 Å². The fraction of sp³-hybridized carbons (Fsp3) is 0.250. The predicted octanol–water partition coefficient (Wildman–Crippen LogP) is 3.88. The second-order valence-corrected chi connectivity index (χ2v) is 6.95. The minimum atomic E-state index is -0.487. The van der Waals surface area contributed by atoms with Gasteiger partial charge in [0.1, 0.15) is 4.88 Å². The largest absolute Gasteiger partial charge is 0.451 e. The third-order valence-electron chi connectivity index (χ3n) is 3.01. The van der Waals surface area contributed by atoms with Crippen LogP contribution in [0.1, 0.15) is 20.1 Å². The number of aryl methyl sites for hydroxylation is 1. The first-order valence-electron chi connectivity index (χ1n) is 6.90. The van der Waals surface area contributed by atoms with Crippen LogP contribution in [-0.4, -0.2) is 25.0 Å². The molecule has 0 aliphatic rings. The maximum absolute atomic E-state index is 11.7. The highest BCUT2D eigenvalue weighted by Crippen LogP contribution is 2.21. The van der Waals surface area contributed by atoms with Crippen LogP contribution in [0.15, 0.2) is 30.3 Å². The van der Waals surface area contributed by atoms with E-state index < -0.39 is 5.97 Å². The highest BCUT2D eigenvalue weighted by Gasteiger charge is 2.12. The molecule has 23 heavy (non-hydrogen) atoms. The van der Waals surface area contributed by atoms with E-state index in [9.17, 15) is 9.59 Å². The van der Waals surface area contributed by atoms with Gasteiger partial charge in [-0.15, -0.1) is 11.3 Å². The Kier molecular flexibility index (Phi) is 6.45. The monoisotopic (exact) mass is 371 g/mol. The number of rotatable bonds is 6. The van der Waals surface area contributed by atoms with E-state index in [0.717, 1.165) is 10.4 Å². The van der Waals surface area contributed by atoms with E-state index >= 15 is 0 Å². The Labute approximate surface area is 148 Å². The Bertz CT molecular complexity index is 715. The molecule has 7 heteroatoms. The van der Waals surface area contributed by atoms with Crippen molar-refractivity contribution in [3.63, 3.8) is 0 Å². The number of amides is 1. The van der Waals surface area contributed by atoms with Crippen LogP contribution in [-0.2, 0) is 16.0 Å². The smallest absolute Gasteiger partial charge is 0.348 e. The van der Waals surface area contributed by atoms with Crippen molar-refractivity contribution >= 4 is 46.4 Å². The lowest BCUT2D eigenvalue weighted by atomic mass is 10.1. The van der Waals surface area contributed by atoms with Crippen LogP contribution < -0.4 is 5.32 Å². The molecule has 0 aliphatic carbocycles. The molecule has 1 amide bonds. The lowest BCUT2D eigenvalue weighted by molar-refractivity contribution is -0.124. The predicted molar refractivity (Wildman–Crippen MR) is 92.5 cm³/mol. The molecule has 0 unspecified atom stereocenters. The molecule has 0 spiro atoms. The number of hydrogen-bond acceptors (Lipinski definition) is 4. The van der Waals surface area contributed by atoms with Crippen molar-refractivity contribution in [3.8, 4) is 0 Å². The second kappa shape index (κ2) is 8.34. The zero-order valence-corrected chi connectivity index (χ0v) is 14.7. The average molecular weight is 372 g/mol. The summed E-state index contributed by atoms with van der Waals surface area (Å²) in [4.78, 5) is 24.9. The fourth-order valence-corrected chi connectivity index (χ4v) is 3.12. The highest BCUT2D eigenvalue weighted by molar-refractivity contribution is 7.13. The lowest BCUT2D eigenvalue weighted by Gasteiger charge is -2.07. The van der Waals surface area contributed by atoms with Crippen LogP contribution in [0.3, 0.4) is 0 Å². The van der Waals surface area contributed by atoms with E-state index in [1.807, 2.05) is 19.1 Å². The molecule has 0 saturated heterocycles. The molecule has 0 fully saturated rings. The summed E-state index contributed by atoms with van der Waals surface area (Å²) in [7, 11) is 0. The average Bonchev–Trinajstić information content (AvgIpc) is 2.93. The van der Waals surface area contributed by atoms with E-state index in [1.165, 1.54) is 11.3 Å². The van der Waals surface area contributed by atoms with Crippen LogP contribution in [0.5, 0.6) is 0 Å². The van der Waals surface area contributed by atoms with Crippen molar-refractivity contribution in [2.45, 2.75) is 13.3 Å². The van der Waals surface area contributed by atoms with E-state index in [4.69, 9.17) is 27.9 Å². The standard InChI is InChI=1S/C16H15Cl2NO3S/c1-10-2-5-14(23-10)16(21)22-9-15(20)19-7-6-11-3-4-12(17)8-13(11)18/h2-5,8H,6-7,9H2,1H3,(H,19,20). The molecule has 1 aromatic carbocycles. The van der Waals surface area contributed by atoms with Gasteiger partial charge in [-0.1, -0.05) is 29.3 Å². The number of nitrogens with one attached hydrogen (secondary N) is 1. The molecule has 4 nitrogen and oxygen atoms in total. The maximum atomic E-state index is 11.7.